The Balaban J connectivity index is 0.000000261. The molecule has 19 heteroatoms. The smallest absolute Gasteiger partial charge is 0.416 e. The zero-order chi connectivity index (χ0) is 43.7. The molecule has 4 aromatic carbocycles. The van der Waals surface area contributed by atoms with Gasteiger partial charge in [0.15, 0.2) is 6.61 Å². The number of carbonyl (C=O) groups excluding carboxylic acids is 3. The molecule has 1 heterocycles. The molecule has 0 aliphatic carbocycles. The molecule has 4 aromatic rings. The predicted molar refractivity (Wildman–Crippen MR) is 207 cm³/mol. The average Bonchev–Trinajstić information content (AvgIpc) is 3.17. The quantitative estimate of drug-likeness (QED) is 0.0813. The van der Waals surface area contributed by atoms with Gasteiger partial charge >= 0.3 is 24.1 Å². The van der Waals surface area contributed by atoms with E-state index in [0.29, 0.717) is 23.3 Å². The summed E-state index contributed by atoms with van der Waals surface area (Å²) in [5.41, 5.74) is -0.477. The number of ether oxygens (including phenoxy) is 6. The Bertz CT molecular complexity index is 2170. The Labute approximate surface area is 341 Å². The topological polar surface area (TPSA) is 174 Å². The molecule has 0 spiro atoms. The number of nitro groups is 1. The number of hydroxylamine groups is 2. The highest BCUT2D eigenvalue weighted by Crippen LogP contribution is 2.46. The highest BCUT2D eigenvalue weighted by Gasteiger charge is 2.42. The van der Waals surface area contributed by atoms with Crippen molar-refractivity contribution in [3.63, 3.8) is 0 Å². The molecule has 316 valence electrons. The number of amides is 2. The third-order valence-corrected chi connectivity index (χ3v) is 8.90. The number of anilines is 1. The molecule has 1 unspecified atom stereocenters. The molecule has 59 heavy (non-hydrogen) atoms. The van der Waals surface area contributed by atoms with Crippen molar-refractivity contribution in [2.75, 3.05) is 39.8 Å². The van der Waals surface area contributed by atoms with Crippen LogP contribution in [0.5, 0.6) is 28.7 Å². The van der Waals surface area contributed by atoms with E-state index in [1.54, 1.807) is 31.4 Å². The van der Waals surface area contributed by atoms with Crippen molar-refractivity contribution in [2.24, 2.45) is 0 Å². The normalized spacial score (nSPS) is 15.2. The molecule has 0 bridgehead atoms. The Hall–Kier alpha value is -6.11. The number of benzene rings is 4. The van der Waals surface area contributed by atoms with E-state index in [9.17, 15) is 37.7 Å². The summed E-state index contributed by atoms with van der Waals surface area (Å²) in [5.74, 6) is -0.964. The molecule has 0 saturated heterocycles. The van der Waals surface area contributed by atoms with Crippen LogP contribution < -0.4 is 19.5 Å². The first kappa shape index (κ1) is 45.6. The fourth-order valence-corrected chi connectivity index (χ4v) is 5.93. The van der Waals surface area contributed by atoms with E-state index in [1.807, 2.05) is 25.1 Å². The number of nitrogens with one attached hydrogen (secondary N) is 1. The Morgan fingerprint density at radius 2 is 1.56 bits per heavy atom. The van der Waals surface area contributed by atoms with Crippen molar-refractivity contribution in [3.8, 4) is 28.7 Å². The molecule has 1 atom stereocenters. The minimum absolute atomic E-state index is 0.0493. The molecule has 15 nitrogen and oxygen atoms in total. The number of fused-ring (bicyclic) bond motifs is 1. The van der Waals surface area contributed by atoms with Crippen LogP contribution in [0.1, 0.15) is 55.6 Å². The SMILES string of the molecule is CCOC(=O)COC(=O)c1cc(Oc2ccc(C(F)(F)F)cc2Cl)ccc1[N+](=O)[O-].CON(C)C(=O)Nc1ccc(Oc2ccc3c(c2)OC(C)(OC)CC3(C)C)cc1. The number of nitro benzene ring substituents is 1. The maximum absolute atomic E-state index is 12.7. The number of hydrogen-bond donors (Lipinski definition) is 1. The lowest BCUT2D eigenvalue weighted by Crippen LogP contribution is -2.45. The van der Waals surface area contributed by atoms with Crippen LogP contribution in [0.25, 0.3) is 0 Å². The minimum atomic E-state index is -4.61. The molecule has 0 radical (unpaired) electrons. The van der Waals surface area contributed by atoms with E-state index >= 15 is 0 Å². The van der Waals surface area contributed by atoms with Gasteiger partial charge in [-0.15, -0.1) is 0 Å². The fraction of sp³-hybridized carbons (Fsp3) is 0.325. The first-order valence-corrected chi connectivity index (χ1v) is 18.0. The van der Waals surface area contributed by atoms with Crippen molar-refractivity contribution < 1.29 is 65.7 Å². The Kier molecular flexibility index (Phi) is 14.8. The minimum Gasteiger partial charge on any atom is -0.463 e. The number of alkyl halides is 3. The third-order valence-electron chi connectivity index (χ3n) is 8.60. The third kappa shape index (κ3) is 12.2. The fourth-order valence-electron chi connectivity index (χ4n) is 5.71. The van der Waals surface area contributed by atoms with E-state index in [0.717, 1.165) is 53.1 Å². The van der Waals surface area contributed by atoms with Gasteiger partial charge in [-0.05, 0) is 66.9 Å². The molecular formula is C40H41ClF3N3O12. The van der Waals surface area contributed by atoms with Crippen LogP contribution in [0.15, 0.2) is 78.9 Å². The van der Waals surface area contributed by atoms with Crippen molar-refractivity contribution >= 4 is 40.9 Å². The predicted octanol–water partition coefficient (Wildman–Crippen LogP) is 9.71. The summed E-state index contributed by atoms with van der Waals surface area (Å²) in [7, 11) is 4.61. The summed E-state index contributed by atoms with van der Waals surface area (Å²) in [5, 5.41) is 14.6. The molecular weight excluding hydrogens is 807 g/mol. The summed E-state index contributed by atoms with van der Waals surface area (Å²) in [6.07, 6.45) is -3.85. The highest BCUT2D eigenvalue weighted by molar-refractivity contribution is 6.32. The second-order valence-electron chi connectivity index (χ2n) is 13.5. The second kappa shape index (κ2) is 19.1. The largest absolute Gasteiger partial charge is 0.463 e. The molecule has 1 N–H and O–H groups in total. The van der Waals surface area contributed by atoms with E-state index in [-0.39, 0.29) is 34.6 Å². The van der Waals surface area contributed by atoms with Gasteiger partial charge in [0.2, 0.25) is 5.79 Å². The molecule has 2 amide bonds. The average molecular weight is 848 g/mol. The van der Waals surface area contributed by atoms with Crippen molar-refractivity contribution in [1.82, 2.24) is 5.06 Å². The van der Waals surface area contributed by atoms with Gasteiger partial charge in [0.1, 0.15) is 34.3 Å². The highest BCUT2D eigenvalue weighted by atomic mass is 35.5. The van der Waals surface area contributed by atoms with E-state index in [2.05, 4.69) is 23.9 Å². The number of halogens is 4. The monoisotopic (exact) mass is 847 g/mol. The maximum atomic E-state index is 12.7. The Morgan fingerprint density at radius 1 is 0.915 bits per heavy atom. The maximum Gasteiger partial charge on any atom is 0.416 e. The van der Waals surface area contributed by atoms with Gasteiger partial charge < -0.3 is 33.7 Å². The standard InChI is InChI=1S/C22H28N2O5.C18H13ClF3NO7/c1-21(2)14-22(3,26-5)29-19-13-17(11-12-18(19)21)28-16-9-7-15(8-10-16)23-20(25)24(4)27-6;1-2-28-16(24)9-29-17(25)12-8-11(4-5-14(12)23(26)27)30-15-6-3-10(7-13(15)19)18(20,21)22/h7-13H,14H2,1-6H3,(H,23,25);3-8H,2,9H2,1H3. The summed E-state index contributed by atoms with van der Waals surface area (Å²) in [6, 6.07) is 17.9. The van der Waals surface area contributed by atoms with E-state index in [1.165, 1.54) is 21.1 Å². The van der Waals surface area contributed by atoms with Crippen molar-refractivity contribution in [2.45, 2.75) is 51.5 Å². The van der Waals surface area contributed by atoms with Crippen LogP contribution in [-0.2, 0) is 35.4 Å². The lowest BCUT2D eigenvalue weighted by atomic mass is 9.76. The summed E-state index contributed by atoms with van der Waals surface area (Å²) >= 11 is 5.81. The van der Waals surface area contributed by atoms with Gasteiger partial charge in [0, 0.05) is 57.0 Å². The van der Waals surface area contributed by atoms with Crippen LogP contribution in [0, 0.1) is 10.1 Å². The number of methoxy groups -OCH3 is 1. The van der Waals surface area contributed by atoms with Gasteiger partial charge in [-0.1, -0.05) is 31.5 Å². The molecule has 1 aliphatic rings. The van der Waals surface area contributed by atoms with E-state index in [4.69, 9.17) is 40.1 Å². The van der Waals surface area contributed by atoms with Gasteiger partial charge in [-0.2, -0.15) is 13.2 Å². The van der Waals surface area contributed by atoms with Crippen LogP contribution in [-0.4, -0.2) is 68.2 Å². The van der Waals surface area contributed by atoms with Crippen LogP contribution >= 0.6 is 11.6 Å². The summed E-state index contributed by atoms with van der Waals surface area (Å²) in [6.45, 7) is 7.13. The molecule has 5 rings (SSSR count). The van der Waals surface area contributed by atoms with Crippen molar-refractivity contribution in [3.05, 3.63) is 111 Å². The summed E-state index contributed by atoms with van der Waals surface area (Å²) in [4.78, 5) is 50.4. The van der Waals surface area contributed by atoms with Gasteiger partial charge in [-0.3, -0.25) is 15.0 Å². The lowest BCUT2D eigenvalue weighted by Gasteiger charge is -2.43. The van der Waals surface area contributed by atoms with Crippen molar-refractivity contribution in [1.29, 1.82) is 0 Å². The summed E-state index contributed by atoms with van der Waals surface area (Å²) < 4.78 is 70.5. The first-order chi connectivity index (χ1) is 27.7. The molecule has 0 saturated carbocycles. The molecule has 1 aliphatic heterocycles. The van der Waals surface area contributed by atoms with Crippen LogP contribution in [0.3, 0.4) is 0 Å². The number of carbonyl (C=O) groups is 3. The van der Waals surface area contributed by atoms with Crippen LogP contribution in [0.4, 0.5) is 29.3 Å². The molecule has 0 fully saturated rings. The number of nitrogens with zero attached hydrogens (tertiary/aromatic N) is 2. The second-order valence-corrected chi connectivity index (χ2v) is 13.9. The van der Waals surface area contributed by atoms with Gasteiger partial charge in [0.25, 0.3) is 5.69 Å². The number of esters is 2. The number of rotatable bonds is 12. The zero-order valence-electron chi connectivity index (χ0n) is 32.9. The van der Waals surface area contributed by atoms with Crippen LogP contribution in [0.2, 0.25) is 5.02 Å². The number of urea groups is 1. The van der Waals surface area contributed by atoms with Gasteiger partial charge in [-0.25, -0.2) is 19.4 Å². The van der Waals surface area contributed by atoms with E-state index < -0.39 is 52.2 Å². The first-order valence-electron chi connectivity index (χ1n) is 17.6. The lowest BCUT2D eigenvalue weighted by molar-refractivity contribution is -0.385. The Morgan fingerprint density at radius 3 is 2.15 bits per heavy atom. The zero-order valence-corrected chi connectivity index (χ0v) is 33.7. The molecule has 0 aromatic heterocycles. The number of hydrogen-bond acceptors (Lipinski definition) is 12. The van der Waals surface area contributed by atoms with Gasteiger partial charge in [0.05, 0.1) is 29.2 Å².